The van der Waals surface area contributed by atoms with Gasteiger partial charge in [0, 0.05) is 12.5 Å². The van der Waals surface area contributed by atoms with E-state index in [1.165, 1.54) is 5.56 Å². The maximum atomic E-state index is 9.47. The van der Waals surface area contributed by atoms with Crippen molar-refractivity contribution in [3.8, 4) is 11.8 Å². The molecule has 1 saturated carbocycles. The first-order chi connectivity index (χ1) is 9.44. The van der Waals surface area contributed by atoms with Gasteiger partial charge in [-0.15, -0.1) is 0 Å². The highest BCUT2D eigenvalue weighted by Gasteiger charge is 2.40. The minimum atomic E-state index is -0.419. The van der Waals surface area contributed by atoms with E-state index in [0.29, 0.717) is 6.04 Å². The van der Waals surface area contributed by atoms with Crippen LogP contribution in [-0.2, 0) is 0 Å². The molecule has 0 aromatic heterocycles. The van der Waals surface area contributed by atoms with Crippen LogP contribution in [0.4, 0.5) is 0 Å². The zero-order chi connectivity index (χ0) is 14.8. The fraction of sp³-hybridized carbons (Fsp3) is 0.588. The topological polar surface area (TPSA) is 45.0 Å². The van der Waals surface area contributed by atoms with Gasteiger partial charge in [0.15, 0.2) is 0 Å². The summed E-state index contributed by atoms with van der Waals surface area (Å²) in [6.07, 6.45) is 2.68. The first-order valence-corrected chi connectivity index (χ1v) is 7.37. The van der Waals surface area contributed by atoms with Gasteiger partial charge in [0.2, 0.25) is 0 Å². The van der Waals surface area contributed by atoms with E-state index < -0.39 is 5.54 Å². The van der Waals surface area contributed by atoms with E-state index in [2.05, 4.69) is 51.2 Å². The van der Waals surface area contributed by atoms with Crippen LogP contribution in [0.2, 0.25) is 0 Å². The smallest absolute Gasteiger partial charge is 0.122 e. The minimum Gasteiger partial charge on any atom is -0.490 e. The molecule has 2 atom stereocenters. The van der Waals surface area contributed by atoms with Gasteiger partial charge in [0.1, 0.15) is 17.4 Å². The summed E-state index contributed by atoms with van der Waals surface area (Å²) < 4.78 is 6.11. The van der Waals surface area contributed by atoms with Crippen molar-refractivity contribution in [2.24, 2.45) is 0 Å². The predicted molar refractivity (Wildman–Crippen MR) is 80.8 cm³/mol. The maximum Gasteiger partial charge on any atom is 0.122 e. The monoisotopic (exact) mass is 272 g/mol. The molecule has 0 aliphatic heterocycles. The van der Waals surface area contributed by atoms with Gasteiger partial charge in [-0.2, -0.15) is 5.26 Å². The molecule has 1 aliphatic rings. The number of ether oxygens (including phenoxy) is 1. The number of nitrogens with zero attached hydrogens (tertiary/aromatic N) is 1. The van der Waals surface area contributed by atoms with Crippen molar-refractivity contribution in [3.05, 3.63) is 29.3 Å². The third-order valence-electron chi connectivity index (χ3n) is 3.87. The van der Waals surface area contributed by atoms with Crippen molar-refractivity contribution in [2.75, 3.05) is 0 Å². The normalized spacial score (nSPS) is 25.7. The SMILES string of the molecule is Cc1ccc(OC2CCC(C#N)(NC(C)C)C2)c(C)c1. The van der Waals surface area contributed by atoms with Gasteiger partial charge in [-0.1, -0.05) is 17.7 Å². The Hall–Kier alpha value is -1.53. The summed E-state index contributed by atoms with van der Waals surface area (Å²) in [5.41, 5.74) is 1.99. The number of nitriles is 1. The number of nitrogens with one attached hydrogen (secondary N) is 1. The maximum absolute atomic E-state index is 9.47. The number of rotatable bonds is 4. The lowest BCUT2D eigenvalue weighted by Crippen LogP contribution is -2.46. The molecule has 3 heteroatoms. The lowest BCUT2D eigenvalue weighted by Gasteiger charge is -2.25. The zero-order valence-electron chi connectivity index (χ0n) is 12.9. The third-order valence-corrected chi connectivity index (χ3v) is 3.87. The fourth-order valence-electron chi connectivity index (χ4n) is 3.03. The van der Waals surface area contributed by atoms with Crippen molar-refractivity contribution in [1.82, 2.24) is 5.32 Å². The van der Waals surface area contributed by atoms with Crippen LogP contribution in [0.25, 0.3) is 0 Å². The highest BCUT2D eigenvalue weighted by atomic mass is 16.5. The molecule has 1 fully saturated rings. The van der Waals surface area contributed by atoms with Crippen LogP contribution in [0.1, 0.15) is 44.2 Å². The highest BCUT2D eigenvalue weighted by Crippen LogP contribution is 2.33. The second-order valence-electron chi connectivity index (χ2n) is 6.24. The van der Waals surface area contributed by atoms with Gasteiger partial charge in [-0.05, 0) is 52.2 Å². The molecule has 0 heterocycles. The molecule has 0 amide bonds. The van der Waals surface area contributed by atoms with Gasteiger partial charge in [-0.25, -0.2) is 0 Å². The Balaban J connectivity index is 2.04. The summed E-state index contributed by atoms with van der Waals surface area (Å²) in [6.45, 7) is 8.32. The van der Waals surface area contributed by atoms with E-state index in [1.54, 1.807) is 0 Å². The standard InChI is InChI=1S/C17H24N2O/c1-12(2)19-17(11-18)8-7-15(10-17)20-16-6-5-13(3)9-14(16)4/h5-6,9,12,15,19H,7-8,10H2,1-4H3. The number of aryl methyl sites for hydroxylation is 2. The van der Waals surface area contributed by atoms with Crippen LogP contribution in [0.15, 0.2) is 18.2 Å². The largest absolute Gasteiger partial charge is 0.490 e. The van der Waals surface area contributed by atoms with Crippen molar-refractivity contribution >= 4 is 0 Å². The van der Waals surface area contributed by atoms with Crippen LogP contribution in [0, 0.1) is 25.2 Å². The molecule has 1 aromatic carbocycles. The van der Waals surface area contributed by atoms with E-state index in [1.807, 2.05) is 6.07 Å². The quantitative estimate of drug-likeness (QED) is 0.912. The Kier molecular flexibility index (Phi) is 4.35. The summed E-state index contributed by atoms with van der Waals surface area (Å²) in [4.78, 5) is 0. The molecule has 3 nitrogen and oxygen atoms in total. The molecule has 1 aliphatic carbocycles. The summed E-state index contributed by atoms with van der Waals surface area (Å²) in [5, 5.41) is 12.9. The van der Waals surface area contributed by atoms with Crippen molar-refractivity contribution in [3.63, 3.8) is 0 Å². The van der Waals surface area contributed by atoms with E-state index >= 15 is 0 Å². The Bertz CT molecular complexity index is 518. The predicted octanol–water partition coefficient (Wildman–Crippen LogP) is 3.50. The molecule has 0 saturated heterocycles. The summed E-state index contributed by atoms with van der Waals surface area (Å²) >= 11 is 0. The highest BCUT2D eigenvalue weighted by molar-refractivity contribution is 5.36. The van der Waals surface area contributed by atoms with Crippen LogP contribution in [0.3, 0.4) is 0 Å². The lowest BCUT2D eigenvalue weighted by atomic mass is 9.98. The van der Waals surface area contributed by atoms with E-state index in [9.17, 15) is 5.26 Å². The molecular weight excluding hydrogens is 248 g/mol. The first kappa shape index (κ1) is 14.9. The van der Waals surface area contributed by atoms with E-state index in [-0.39, 0.29) is 6.10 Å². The average Bonchev–Trinajstić information content (AvgIpc) is 2.76. The Morgan fingerprint density at radius 3 is 2.75 bits per heavy atom. The van der Waals surface area contributed by atoms with Gasteiger partial charge >= 0.3 is 0 Å². The summed E-state index contributed by atoms with van der Waals surface area (Å²) in [7, 11) is 0. The summed E-state index contributed by atoms with van der Waals surface area (Å²) in [5.74, 6) is 0.943. The molecule has 1 N–H and O–H groups in total. The molecule has 1 aromatic rings. The molecule has 0 radical (unpaired) electrons. The Morgan fingerprint density at radius 2 is 2.15 bits per heavy atom. The van der Waals surface area contributed by atoms with Crippen LogP contribution < -0.4 is 10.1 Å². The molecule has 20 heavy (non-hydrogen) atoms. The fourth-order valence-corrected chi connectivity index (χ4v) is 3.03. The molecule has 108 valence electrons. The number of hydrogen-bond donors (Lipinski definition) is 1. The van der Waals surface area contributed by atoms with Crippen molar-refractivity contribution < 1.29 is 4.74 Å². The average molecular weight is 272 g/mol. The second-order valence-corrected chi connectivity index (χ2v) is 6.24. The zero-order valence-corrected chi connectivity index (χ0v) is 12.9. The minimum absolute atomic E-state index is 0.127. The Morgan fingerprint density at radius 1 is 1.40 bits per heavy atom. The molecule has 0 bridgehead atoms. The second kappa shape index (κ2) is 5.85. The molecule has 0 spiro atoms. The summed E-state index contributed by atoms with van der Waals surface area (Å²) in [6, 6.07) is 9.01. The number of hydrogen-bond acceptors (Lipinski definition) is 3. The molecular formula is C17H24N2O. The van der Waals surface area contributed by atoms with Crippen molar-refractivity contribution in [1.29, 1.82) is 5.26 Å². The third kappa shape index (κ3) is 3.32. The first-order valence-electron chi connectivity index (χ1n) is 7.37. The van der Waals surface area contributed by atoms with E-state index in [4.69, 9.17) is 4.74 Å². The van der Waals surface area contributed by atoms with Crippen LogP contribution >= 0.6 is 0 Å². The molecule has 2 rings (SSSR count). The van der Waals surface area contributed by atoms with Gasteiger partial charge in [-0.3, -0.25) is 5.32 Å². The van der Waals surface area contributed by atoms with Crippen LogP contribution in [0.5, 0.6) is 5.75 Å². The van der Waals surface area contributed by atoms with Crippen LogP contribution in [-0.4, -0.2) is 17.7 Å². The Labute approximate surface area is 121 Å². The van der Waals surface area contributed by atoms with Gasteiger partial charge in [0.25, 0.3) is 0 Å². The lowest BCUT2D eigenvalue weighted by molar-refractivity contribution is 0.198. The molecule has 2 unspecified atom stereocenters. The van der Waals surface area contributed by atoms with Gasteiger partial charge < -0.3 is 4.74 Å². The number of benzene rings is 1. The van der Waals surface area contributed by atoms with Gasteiger partial charge in [0.05, 0.1) is 6.07 Å². The van der Waals surface area contributed by atoms with Crippen molar-refractivity contribution in [2.45, 2.75) is 64.6 Å². The van der Waals surface area contributed by atoms with E-state index in [0.717, 1.165) is 30.6 Å².